The van der Waals surface area contributed by atoms with Gasteiger partial charge in [0.1, 0.15) is 6.29 Å². The molecule has 0 N–H and O–H groups in total. The number of hydrogen-bond acceptors (Lipinski definition) is 1. The summed E-state index contributed by atoms with van der Waals surface area (Å²) in [4.78, 5) is 10.5. The summed E-state index contributed by atoms with van der Waals surface area (Å²) >= 11 is 11.0. The smallest absolute Gasteiger partial charge is 0.137 e. The number of aldehydes is 1. The maximum absolute atomic E-state index is 10.3. The van der Waals surface area contributed by atoms with Crippen LogP contribution in [0.5, 0.6) is 0 Å². The molecular formula is C8H5Cl2O-. The van der Waals surface area contributed by atoms with E-state index in [1.54, 1.807) is 24.3 Å². The fraction of sp³-hybridized carbons (Fsp3) is 0. The molecule has 0 spiro atoms. The van der Waals surface area contributed by atoms with Gasteiger partial charge in [0.05, 0.1) is 0 Å². The van der Waals surface area contributed by atoms with Gasteiger partial charge in [-0.15, -0.1) is 6.07 Å². The van der Waals surface area contributed by atoms with E-state index in [1.807, 2.05) is 0 Å². The zero-order chi connectivity index (χ0) is 8.27. The molecule has 0 radical (unpaired) electrons. The van der Waals surface area contributed by atoms with Crippen molar-refractivity contribution in [1.29, 1.82) is 0 Å². The van der Waals surface area contributed by atoms with Gasteiger partial charge in [0.2, 0.25) is 0 Å². The first kappa shape index (κ1) is 8.44. The SMILES string of the molecule is O=Cc1cccc([C-](Cl)Cl)c1. The molecule has 0 aliphatic heterocycles. The average Bonchev–Trinajstić information content (AvgIpc) is 2.05. The molecule has 58 valence electrons. The van der Waals surface area contributed by atoms with Gasteiger partial charge in [0.15, 0.2) is 0 Å². The van der Waals surface area contributed by atoms with Crippen molar-refractivity contribution in [2.45, 2.75) is 0 Å². The lowest BCUT2D eigenvalue weighted by molar-refractivity contribution is 0.112. The predicted octanol–water partition coefficient (Wildman–Crippen LogP) is 2.81. The van der Waals surface area contributed by atoms with Crippen molar-refractivity contribution in [1.82, 2.24) is 0 Å². The Hall–Kier alpha value is -0.660. The van der Waals surface area contributed by atoms with Crippen LogP contribution in [0.15, 0.2) is 24.3 Å². The molecule has 1 nitrogen and oxygen atoms in total. The fourth-order valence-corrected chi connectivity index (χ4v) is 0.965. The summed E-state index contributed by atoms with van der Waals surface area (Å²) < 4.78 is 0. The molecule has 0 saturated heterocycles. The maximum atomic E-state index is 10.3. The normalized spacial score (nSPS) is 9.27. The maximum Gasteiger partial charge on any atom is 0.137 e. The minimum absolute atomic E-state index is 0.175. The van der Waals surface area contributed by atoms with Gasteiger partial charge < -0.3 is 0 Å². The Morgan fingerprint density at radius 3 is 2.64 bits per heavy atom. The van der Waals surface area contributed by atoms with Crippen LogP contribution >= 0.6 is 23.2 Å². The van der Waals surface area contributed by atoms with Gasteiger partial charge in [0.25, 0.3) is 0 Å². The fourth-order valence-electron chi connectivity index (χ4n) is 0.730. The van der Waals surface area contributed by atoms with E-state index in [9.17, 15) is 4.79 Å². The lowest BCUT2D eigenvalue weighted by Gasteiger charge is -2.10. The monoisotopic (exact) mass is 187 g/mol. The first-order chi connectivity index (χ1) is 5.24. The Kier molecular flexibility index (Phi) is 2.80. The van der Waals surface area contributed by atoms with E-state index in [2.05, 4.69) is 0 Å². The zero-order valence-electron chi connectivity index (χ0n) is 5.55. The van der Waals surface area contributed by atoms with Crippen LogP contribution in [-0.2, 0) is 0 Å². The summed E-state index contributed by atoms with van der Waals surface area (Å²) in [5.41, 5.74) is 1.24. The third-order valence-electron chi connectivity index (χ3n) is 1.24. The van der Waals surface area contributed by atoms with Gasteiger partial charge in [-0.2, -0.15) is 40.9 Å². The molecule has 0 aliphatic rings. The van der Waals surface area contributed by atoms with Crippen LogP contribution in [0.25, 0.3) is 0 Å². The van der Waals surface area contributed by atoms with Crippen LogP contribution in [0.4, 0.5) is 0 Å². The molecule has 0 amide bonds. The second-order valence-electron chi connectivity index (χ2n) is 2.00. The van der Waals surface area contributed by atoms with E-state index >= 15 is 0 Å². The second kappa shape index (κ2) is 3.65. The summed E-state index contributed by atoms with van der Waals surface area (Å²) in [6.45, 7) is 0. The van der Waals surface area contributed by atoms with Crippen LogP contribution in [0, 0.1) is 4.84 Å². The molecule has 0 saturated carbocycles. The van der Waals surface area contributed by atoms with Crippen LogP contribution in [0.1, 0.15) is 15.9 Å². The largest absolute Gasteiger partial charge is 0.299 e. The third kappa shape index (κ3) is 2.14. The van der Waals surface area contributed by atoms with Crippen LogP contribution in [0.2, 0.25) is 0 Å². The molecule has 0 bridgehead atoms. The van der Waals surface area contributed by atoms with E-state index in [4.69, 9.17) is 23.2 Å². The highest BCUT2D eigenvalue weighted by molar-refractivity contribution is 6.54. The van der Waals surface area contributed by atoms with Gasteiger partial charge in [-0.3, -0.25) is 4.79 Å². The Morgan fingerprint density at radius 1 is 1.36 bits per heavy atom. The molecular weight excluding hydrogens is 183 g/mol. The number of hydrogen-bond donors (Lipinski definition) is 0. The molecule has 1 rings (SSSR count). The van der Waals surface area contributed by atoms with E-state index in [-0.39, 0.29) is 4.84 Å². The lowest BCUT2D eigenvalue weighted by Crippen LogP contribution is -1.85. The van der Waals surface area contributed by atoms with Gasteiger partial charge in [-0.05, 0) is 5.56 Å². The molecule has 0 aromatic heterocycles. The second-order valence-corrected chi connectivity index (χ2v) is 2.95. The highest BCUT2D eigenvalue weighted by atomic mass is 35.5. The minimum Gasteiger partial charge on any atom is -0.299 e. The van der Waals surface area contributed by atoms with E-state index in [0.29, 0.717) is 11.1 Å². The van der Waals surface area contributed by atoms with Crippen LogP contribution in [0.3, 0.4) is 0 Å². The number of rotatable bonds is 2. The van der Waals surface area contributed by atoms with E-state index in [0.717, 1.165) is 6.29 Å². The Morgan fingerprint density at radius 2 is 2.09 bits per heavy atom. The number of benzene rings is 1. The number of halogens is 2. The standard InChI is InChI=1S/C8H5Cl2O/c9-8(10)7-3-1-2-6(4-7)5-11/h1-5H/q-1. The van der Waals surface area contributed by atoms with E-state index < -0.39 is 0 Å². The Bertz CT molecular complexity index is 258. The Labute approximate surface area is 74.9 Å². The van der Waals surface area contributed by atoms with Gasteiger partial charge in [-0.1, -0.05) is 6.07 Å². The topological polar surface area (TPSA) is 17.1 Å². The highest BCUT2D eigenvalue weighted by Crippen LogP contribution is 2.23. The van der Waals surface area contributed by atoms with Crippen molar-refractivity contribution in [2.24, 2.45) is 0 Å². The van der Waals surface area contributed by atoms with Crippen molar-refractivity contribution >= 4 is 29.5 Å². The molecule has 11 heavy (non-hydrogen) atoms. The van der Waals surface area contributed by atoms with Crippen molar-refractivity contribution in [3.63, 3.8) is 0 Å². The van der Waals surface area contributed by atoms with Crippen LogP contribution in [-0.4, -0.2) is 6.29 Å². The predicted molar refractivity (Wildman–Crippen MR) is 45.9 cm³/mol. The minimum atomic E-state index is 0.175. The van der Waals surface area contributed by atoms with Crippen molar-refractivity contribution < 1.29 is 4.79 Å². The Balaban J connectivity index is 3.00. The summed E-state index contributed by atoms with van der Waals surface area (Å²) in [7, 11) is 0. The molecule has 1 aromatic rings. The van der Waals surface area contributed by atoms with E-state index in [1.165, 1.54) is 0 Å². The zero-order valence-corrected chi connectivity index (χ0v) is 7.06. The average molecular weight is 188 g/mol. The number of carbonyl (C=O) groups is 1. The van der Waals surface area contributed by atoms with Crippen LogP contribution < -0.4 is 0 Å². The number of carbonyl (C=O) groups excluding carboxylic acids is 1. The van der Waals surface area contributed by atoms with Crippen molar-refractivity contribution in [3.8, 4) is 0 Å². The summed E-state index contributed by atoms with van der Waals surface area (Å²) in [6.07, 6.45) is 0.750. The lowest BCUT2D eigenvalue weighted by atomic mass is 10.2. The molecule has 3 heteroatoms. The molecule has 0 aliphatic carbocycles. The first-order valence-electron chi connectivity index (χ1n) is 2.97. The summed E-state index contributed by atoms with van der Waals surface area (Å²) in [6, 6.07) is 6.78. The van der Waals surface area contributed by atoms with Crippen molar-refractivity contribution in [3.05, 3.63) is 40.2 Å². The van der Waals surface area contributed by atoms with Gasteiger partial charge in [0, 0.05) is 4.84 Å². The quantitative estimate of drug-likeness (QED) is 0.515. The molecule has 0 atom stereocenters. The first-order valence-corrected chi connectivity index (χ1v) is 3.73. The van der Waals surface area contributed by atoms with Gasteiger partial charge >= 0.3 is 0 Å². The summed E-state index contributed by atoms with van der Waals surface area (Å²) in [5.74, 6) is 0. The van der Waals surface area contributed by atoms with Crippen molar-refractivity contribution in [2.75, 3.05) is 0 Å². The van der Waals surface area contributed by atoms with Gasteiger partial charge in [-0.25, -0.2) is 0 Å². The highest BCUT2D eigenvalue weighted by Gasteiger charge is 1.92. The molecule has 0 unspecified atom stereocenters. The summed E-state index contributed by atoms with van der Waals surface area (Å²) in [5, 5.41) is 0. The molecule has 1 aromatic carbocycles. The molecule has 0 heterocycles. The third-order valence-corrected chi connectivity index (χ3v) is 1.68. The molecule has 0 fully saturated rings.